The Labute approximate surface area is 375 Å². The summed E-state index contributed by atoms with van der Waals surface area (Å²) in [5.74, 6) is -4.57. The number of carboxylic acids is 1. The van der Waals surface area contributed by atoms with Gasteiger partial charge in [0.15, 0.2) is 0 Å². The summed E-state index contributed by atoms with van der Waals surface area (Å²) in [4.78, 5) is 98.6. The molecule has 2 rings (SSSR count). The summed E-state index contributed by atoms with van der Waals surface area (Å²) in [7, 11) is 0. The molecule has 0 aliphatic heterocycles. The summed E-state index contributed by atoms with van der Waals surface area (Å²) in [6.07, 6.45) is -1.75. The maximum Gasteiger partial charge on any atom is 0.514 e. The number of carboxylic acid groups (broad SMARTS) is 1. The Kier molecular flexibility index (Phi) is 26.4. The molecule has 2 aromatic carbocycles. The fourth-order valence-corrected chi connectivity index (χ4v) is 5.47. The van der Waals surface area contributed by atoms with Gasteiger partial charge in [-0.15, -0.1) is 0 Å². The minimum absolute atomic E-state index is 0.0182. The predicted molar refractivity (Wildman–Crippen MR) is 230 cm³/mol. The van der Waals surface area contributed by atoms with Gasteiger partial charge in [0.2, 0.25) is 23.6 Å². The molecule has 0 radical (unpaired) electrons. The smallest absolute Gasteiger partial charge is 0.481 e. The summed E-state index contributed by atoms with van der Waals surface area (Å²) < 4.78 is 31.5. The normalized spacial score (nSPS) is 12.2. The predicted octanol–water partition coefficient (Wildman–Crippen LogP) is 1.09. The van der Waals surface area contributed by atoms with Gasteiger partial charge in [0.1, 0.15) is 30.5 Å². The molecule has 3 atom stereocenters. The number of nitro groups is 1. The first-order chi connectivity index (χ1) is 31.1. The van der Waals surface area contributed by atoms with Crippen molar-refractivity contribution in [3.8, 4) is 5.75 Å². The van der Waals surface area contributed by atoms with Crippen molar-refractivity contribution < 1.29 is 72.0 Å². The number of nitrogens with two attached hydrogens (primary N) is 2. The molecule has 0 saturated carbocycles. The van der Waals surface area contributed by atoms with Gasteiger partial charge in [-0.1, -0.05) is 26.0 Å². The van der Waals surface area contributed by atoms with E-state index in [2.05, 4.69) is 26.6 Å². The fraction of sp³-hybridized carbons (Fsp3) is 0.537. The molecule has 0 aliphatic rings. The van der Waals surface area contributed by atoms with Gasteiger partial charge in [-0.2, -0.15) is 0 Å². The first kappa shape index (κ1) is 54.7. The van der Waals surface area contributed by atoms with Gasteiger partial charge in [0.25, 0.3) is 5.69 Å². The molecule has 0 heterocycles. The highest BCUT2D eigenvalue weighted by molar-refractivity contribution is 5.99. The minimum Gasteiger partial charge on any atom is -0.481 e. The average Bonchev–Trinajstić information content (AvgIpc) is 3.26. The Morgan fingerprint density at radius 1 is 0.723 bits per heavy atom. The van der Waals surface area contributed by atoms with Gasteiger partial charge in [0.05, 0.1) is 57.8 Å². The second kappa shape index (κ2) is 31.4. The lowest BCUT2D eigenvalue weighted by Crippen LogP contribution is -2.58. The molecule has 10 N–H and O–H groups in total. The third kappa shape index (κ3) is 24.3. The van der Waals surface area contributed by atoms with Crippen molar-refractivity contribution in [2.75, 3.05) is 71.3 Å². The molecule has 0 aliphatic carbocycles. The summed E-state index contributed by atoms with van der Waals surface area (Å²) in [5.41, 5.74) is 11.1. The molecule has 0 spiro atoms. The number of hydrogen-bond donors (Lipinski definition) is 8. The van der Waals surface area contributed by atoms with Crippen molar-refractivity contribution in [2.45, 2.75) is 70.7 Å². The Morgan fingerprint density at radius 2 is 1.31 bits per heavy atom. The van der Waals surface area contributed by atoms with Crippen LogP contribution in [0.25, 0.3) is 0 Å². The number of anilines is 1. The van der Waals surface area contributed by atoms with Crippen LogP contribution in [0.1, 0.15) is 51.5 Å². The van der Waals surface area contributed by atoms with Crippen LogP contribution in [0, 0.1) is 16.0 Å². The molecular weight excluding hydrogens is 860 g/mol. The number of rotatable bonds is 33. The molecule has 0 unspecified atom stereocenters. The van der Waals surface area contributed by atoms with E-state index in [1.54, 1.807) is 26.0 Å². The number of carbonyl (C=O) groups is 7. The number of ether oxygens (including phenoxy) is 6. The fourth-order valence-electron chi connectivity index (χ4n) is 5.47. The zero-order chi connectivity index (χ0) is 48.0. The van der Waals surface area contributed by atoms with E-state index < -0.39 is 77.2 Å². The average molecular weight is 921 g/mol. The van der Waals surface area contributed by atoms with E-state index in [4.69, 9.17) is 39.9 Å². The van der Waals surface area contributed by atoms with E-state index in [1.807, 2.05) is 0 Å². The van der Waals surface area contributed by atoms with Gasteiger partial charge >= 0.3 is 18.2 Å². The van der Waals surface area contributed by atoms with Crippen molar-refractivity contribution >= 4 is 53.2 Å². The van der Waals surface area contributed by atoms with Crippen LogP contribution in [-0.4, -0.2) is 136 Å². The summed E-state index contributed by atoms with van der Waals surface area (Å²) in [6, 6.07) is 6.39. The van der Waals surface area contributed by atoms with Crippen LogP contribution in [0.2, 0.25) is 0 Å². The Balaban J connectivity index is 1.97. The summed E-state index contributed by atoms with van der Waals surface area (Å²) in [5, 5.41) is 33.0. The Morgan fingerprint density at radius 3 is 1.86 bits per heavy atom. The SMILES string of the molecule is CC(C)[C@H](NC(=O)[C@H](CCC(=O)O)NC(=O)CCOCCOCCOCCOCCN)C(=O)N[C@@H](CCCNC(N)=O)C(=O)Nc1ccc(COC(=O)Oc2ccc([N+](=O)[O-])cc2)cc1. The van der Waals surface area contributed by atoms with Crippen LogP contribution in [0.3, 0.4) is 0 Å². The number of nitrogens with zero attached hydrogens (tertiary/aromatic N) is 1. The van der Waals surface area contributed by atoms with Crippen LogP contribution < -0.4 is 42.8 Å². The molecule has 24 heteroatoms. The zero-order valence-corrected chi connectivity index (χ0v) is 36.4. The summed E-state index contributed by atoms with van der Waals surface area (Å²) >= 11 is 0. The van der Waals surface area contributed by atoms with Crippen molar-refractivity contribution in [3.63, 3.8) is 0 Å². The maximum atomic E-state index is 13.7. The molecule has 2 aromatic rings. The van der Waals surface area contributed by atoms with Crippen LogP contribution in [-0.2, 0) is 54.3 Å². The van der Waals surface area contributed by atoms with E-state index in [1.165, 1.54) is 36.4 Å². The van der Waals surface area contributed by atoms with E-state index in [0.717, 1.165) is 0 Å². The standard InChI is InChI=1S/C41H60N8O16/c1-27(2)36(48-38(54)33(13-14-35(51)52)46-34(50)15-18-60-20-22-62-24-25-63-23-21-61-19-16-42)39(55)47-32(4-3-17-44-40(43)56)37(53)45-29-7-5-28(6-8-29)26-64-41(57)65-31-11-9-30(10-12-31)49(58)59/h5-12,27,32-33,36H,3-4,13-26,42H2,1-2H3,(H,45,53)(H,46,50)(H,47,55)(H,48,54)(H,51,52)(H3,43,44,56)/t32-,33-,36-/m0/s1. The number of hydrogen-bond acceptors (Lipinski definition) is 16. The first-order valence-electron chi connectivity index (χ1n) is 20.7. The number of primary amides is 1. The number of nitro benzene ring substituents is 1. The summed E-state index contributed by atoms with van der Waals surface area (Å²) in [6.45, 7) is 5.94. The zero-order valence-electron chi connectivity index (χ0n) is 36.4. The Hall–Kier alpha value is -6.47. The molecule has 0 fully saturated rings. The van der Waals surface area contributed by atoms with Gasteiger partial charge < -0.3 is 71.6 Å². The van der Waals surface area contributed by atoms with Gasteiger partial charge in [-0.05, 0) is 55.0 Å². The lowest BCUT2D eigenvalue weighted by Gasteiger charge is -2.27. The second-order valence-electron chi connectivity index (χ2n) is 14.3. The van der Waals surface area contributed by atoms with Gasteiger partial charge in [0, 0.05) is 43.8 Å². The van der Waals surface area contributed by atoms with Gasteiger partial charge in [-0.25, -0.2) is 9.59 Å². The van der Waals surface area contributed by atoms with Crippen LogP contribution in [0.4, 0.5) is 21.0 Å². The molecule has 0 bridgehead atoms. The second-order valence-corrected chi connectivity index (χ2v) is 14.3. The monoisotopic (exact) mass is 920 g/mol. The molecule has 0 saturated heterocycles. The molecule has 360 valence electrons. The van der Waals surface area contributed by atoms with E-state index in [-0.39, 0.29) is 70.1 Å². The highest BCUT2D eigenvalue weighted by Gasteiger charge is 2.32. The number of nitrogens with one attached hydrogen (secondary N) is 5. The van der Waals surface area contributed by atoms with Crippen LogP contribution >= 0.6 is 0 Å². The molecule has 0 aromatic heterocycles. The maximum absolute atomic E-state index is 13.7. The molecule has 24 nitrogen and oxygen atoms in total. The Bertz CT molecular complexity index is 1820. The quantitative estimate of drug-likeness (QED) is 0.0163. The highest BCUT2D eigenvalue weighted by Crippen LogP contribution is 2.18. The topological polar surface area (TPSA) is 350 Å². The third-order valence-electron chi connectivity index (χ3n) is 8.83. The number of non-ortho nitro benzene ring substituents is 1. The largest absolute Gasteiger partial charge is 0.514 e. The first-order valence-corrected chi connectivity index (χ1v) is 20.7. The van der Waals surface area contributed by atoms with E-state index in [0.29, 0.717) is 50.8 Å². The van der Waals surface area contributed by atoms with Gasteiger partial charge in [-0.3, -0.25) is 34.1 Å². The van der Waals surface area contributed by atoms with Crippen LogP contribution in [0.5, 0.6) is 5.75 Å². The number of benzene rings is 2. The lowest BCUT2D eigenvalue weighted by molar-refractivity contribution is -0.384. The molecule has 6 amide bonds. The number of aliphatic carboxylic acids is 1. The highest BCUT2D eigenvalue weighted by atomic mass is 16.7. The van der Waals surface area contributed by atoms with E-state index in [9.17, 15) is 48.8 Å². The number of urea groups is 1. The van der Waals surface area contributed by atoms with Crippen molar-refractivity contribution in [1.29, 1.82) is 0 Å². The number of amides is 6. The molecule has 65 heavy (non-hydrogen) atoms. The minimum atomic E-state index is -1.33. The van der Waals surface area contributed by atoms with Crippen molar-refractivity contribution in [2.24, 2.45) is 17.4 Å². The van der Waals surface area contributed by atoms with Crippen molar-refractivity contribution in [1.82, 2.24) is 21.3 Å². The number of carbonyl (C=O) groups excluding carboxylic acids is 6. The lowest BCUT2D eigenvalue weighted by atomic mass is 10.0. The molecular formula is C41H60N8O16. The third-order valence-corrected chi connectivity index (χ3v) is 8.83. The van der Waals surface area contributed by atoms with E-state index >= 15 is 0 Å². The van der Waals surface area contributed by atoms with Crippen molar-refractivity contribution in [3.05, 3.63) is 64.2 Å². The van der Waals surface area contributed by atoms with Crippen LogP contribution in [0.15, 0.2) is 48.5 Å².